The van der Waals surface area contributed by atoms with Crippen molar-refractivity contribution in [1.29, 1.82) is 0 Å². The van der Waals surface area contributed by atoms with Gasteiger partial charge in [0.05, 0.1) is 13.2 Å². The maximum absolute atomic E-state index is 12.8. The fourth-order valence-electron chi connectivity index (χ4n) is 3.48. The molecule has 2 aliphatic heterocycles. The fraction of sp³-hybridized carbons (Fsp3) is 1.00. The predicted octanol–water partition coefficient (Wildman–Crippen LogP) is 4.95. The first-order valence-corrected chi connectivity index (χ1v) is 12.1. The van der Waals surface area contributed by atoms with Crippen molar-refractivity contribution >= 4 is 18.2 Å². The van der Waals surface area contributed by atoms with Crippen LogP contribution in [0.4, 0.5) is 0 Å². The van der Waals surface area contributed by atoms with Crippen molar-refractivity contribution in [1.82, 2.24) is 4.90 Å². The average Bonchev–Trinajstić information content (AvgIpc) is 2.56. The Bertz CT molecular complexity index is 355. The van der Waals surface area contributed by atoms with Gasteiger partial charge in [-0.25, -0.2) is 4.57 Å². The molecular formula is C16H32NO3PS. The van der Waals surface area contributed by atoms with Crippen LogP contribution in [0.3, 0.4) is 0 Å². The number of rotatable bonds is 9. The van der Waals surface area contributed by atoms with Gasteiger partial charge in [-0.2, -0.15) is 0 Å². The highest BCUT2D eigenvalue weighted by molar-refractivity contribution is 8.55. The van der Waals surface area contributed by atoms with E-state index >= 15 is 0 Å². The van der Waals surface area contributed by atoms with Gasteiger partial charge in [-0.3, -0.25) is 0 Å². The molecule has 4 nitrogen and oxygen atoms in total. The molecule has 0 radical (unpaired) electrons. The van der Waals surface area contributed by atoms with Crippen LogP contribution in [-0.2, 0) is 13.6 Å². The monoisotopic (exact) mass is 349 g/mol. The topological polar surface area (TPSA) is 38.8 Å². The molecule has 0 spiro atoms. The molecule has 0 N–H and O–H groups in total. The molecule has 0 amide bonds. The second-order valence-corrected chi connectivity index (χ2v) is 10.5. The minimum Gasteiger partial charge on any atom is -0.301 e. The normalized spacial score (nSPS) is 26.8. The lowest BCUT2D eigenvalue weighted by atomic mass is 9.85. The van der Waals surface area contributed by atoms with Crippen LogP contribution in [0, 0.1) is 5.92 Å². The number of hydrogen-bond acceptors (Lipinski definition) is 5. The molecule has 0 saturated carbocycles. The SMILES string of the molecule is CCCOP(=O)(OCCC)SC[C@@H]1CCCN2CCCC[C@H]12. The molecule has 130 valence electrons. The van der Waals surface area contributed by atoms with Crippen molar-refractivity contribution in [2.75, 3.05) is 32.1 Å². The van der Waals surface area contributed by atoms with Crippen LogP contribution in [0.5, 0.6) is 0 Å². The number of nitrogens with zero attached hydrogens (tertiary/aromatic N) is 1. The largest absolute Gasteiger partial charge is 0.389 e. The molecule has 22 heavy (non-hydrogen) atoms. The van der Waals surface area contributed by atoms with Gasteiger partial charge in [-0.15, -0.1) is 0 Å². The summed E-state index contributed by atoms with van der Waals surface area (Å²) >= 11 is 1.45. The molecule has 0 aromatic heterocycles. The van der Waals surface area contributed by atoms with Crippen molar-refractivity contribution < 1.29 is 13.6 Å². The van der Waals surface area contributed by atoms with E-state index in [1.807, 2.05) is 13.8 Å². The second-order valence-electron chi connectivity index (χ2n) is 6.41. The van der Waals surface area contributed by atoms with Crippen LogP contribution >= 0.6 is 18.2 Å². The summed E-state index contributed by atoms with van der Waals surface area (Å²) in [5, 5.41) is 0. The molecular weight excluding hydrogens is 317 g/mol. The molecule has 2 heterocycles. The lowest BCUT2D eigenvalue weighted by Gasteiger charge is -2.44. The third kappa shape index (κ3) is 5.52. The van der Waals surface area contributed by atoms with Crippen molar-refractivity contribution in [2.24, 2.45) is 5.92 Å². The van der Waals surface area contributed by atoms with Gasteiger partial charge in [0, 0.05) is 11.8 Å². The maximum atomic E-state index is 12.8. The summed E-state index contributed by atoms with van der Waals surface area (Å²) in [6, 6.07) is 0.695. The third-order valence-electron chi connectivity index (χ3n) is 4.58. The van der Waals surface area contributed by atoms with Gasteiger partial charge in [0.1, 0.15) is 0 Å². The van der Waals surface area contributed by atoms with Crippen LogP contribution in [0.2, 0.25) is 0 Å². The van der Waals surface area contributed by atoms with Crippen LogP contribution < -0.4 is 0 Å². The molecule has 2 atom stereocenters. The van der Waals surface area contributed by atoms with E-state index in [0.29, 0.717) is 25.2 Å². The van der Waals surface area contributed by atoms with Gasteiger partial charge in [0.25, 0.3) is 0 Å². The molecule has 0 aliphatic carbocycles. The zero-order chi connectivity index (χ0) is 15.8. The maximum Gasteiger partial charge on any atom is 0.389 e. The van der Waals surface area contributed by atoms with Crippen LogP contribution in [-0.4, -0.2) is 43.0 Å². The molecule has 6 heteroatoms. The van der Waals surface area contributed by atoms with E-state index in [4.69, 9.17) is 9.05 Å². The number of hydrogen-bond donors (Lipinski definition) is 0. The average molecular weight is 349 g/mol. The summed E-state index contributed by atoms with van der Waals surface area (Å²) < 4.78 is 24.0. The molecule has 0 aromatic rings. The highest BCUT2D eigenvalue weighted by atomic mass is 32.7. The Morgan fingerprint density at radius 3 is 2.41 bits per heavy atom. The predicted molar refractivity (Wildman–Crippen MR) is 94.5 cm³/mol. The Balaban J connectivity index is 1.88. The Morgan fingerprint density at radius 2 is 1.73 bits per heavy atom. The molecule has 2 aliphatic rings. The second kappa shape index (κ2) is 9.68. The van der Waals surface area contributed by atoms with E-state index < -0.39 is 6.80 Å². The van der Waals surface area contributed by atoms with Gasteiger partial charge in [0.15, 0.2) is 0 Å². The molecule has 2 fully saturated rings. The van der Waals surface area contributed by atoms with E-state index in [2.05, 4.69) is 4.90 Å². The Morgan fingerprint density at radius 1 is 1.05 bits per heavy atom. The Hall–Kier alpha value is 0.460. The molecule has 2 rings (SSSR count). The van der Waals surface area contributed by atoms with Crippen LogP contribution in [0.15, 0.2) is 0 Å². The zero-order valence-corrected chi connectivity index (χ0v) is 15.9. The van der Waals surface area contributed by atoms with Gasteiger partial charge in [0.2, 0.25) is 0 Å². The lowest BCUT2D eigenvalue weighted by molar-refractivity contribution is 0.0693. The highest BCUT2D eigenvalue weighted by Crippen LogP contribution is 2.61. The quantitative estimate of drug-likeness (QED) is 0.551. The van der Waals surface area contributed by atoms with E-state index in [9.17, 15) is 4.57 Å². The first-order chi connectivity index (χ1) is 10.7. The third-order valence-corrected chi connectivity index (χ3v) is 8.50. The molecule has 0 bridgehead atoms. The Kier molecular flexibility index (Phi) is 8.27. The van der Waals surface area contributed by atoms with Gasteiger partial charge >= 0.3 is 6.80 Å². The van der Waals surface area contributed by atoms with Crippen molar-refractivity contribution in [3.8, 4) is 0 Å². The highest BCUT2D eigenvalue weighted by Gasteiger charge is 2.35. The number of fused-ring (bicyclic) bond motifs is 1. The van der Waals surface area contributed by atoms with Gasteiger partial charge < -0.3 is 13.9 Å². The van der Waals surface area contributed by atoms with Crippen LogP contribution in [0.25, 0.3) is 0 Å². The zero-order valence-electron chi connectivity index (χ0n) is 14.2. The first kappa shape index (κ1) is 18.8. The summed E-state index contributed by atoms with van der Waals surface area (Å²) in [6.07, 6.45) is 8.28. The van der Waals surface area contributed by atoms with E-state index in [1.165, 1.54) is 56.6 Å². The van der Waals surface area contributed by atoms with E-state index in [1.54, 1.807) is 0 Å². The van der Waals surface area contributed by atoms with E-state index in [0.717, 1.165) is 18.6 Å². The smallest absolute Gasteiger partial charge is 0.301 e. The van der Waals surface area contributed by atoms with E-state index in [-0.39, 0.29) is 0 Å². The summed E-state index contributed by atoms with van der Waals surface area (Å²) in [6.45, 7) is 4.66. The number of piperidine rings is 2. The standard InChI is InChI=1S/C16H32NO3PS/c1-3-12-19-21(18,20-13-4-2)22-14-15-8-7-11-17-10-6-5-9-16(15)17/h15-16H,3-14H2,1-2H3/t15-,16+/m0/s1. The summed E-state index contributed by atoms with van der Waals surface area (Å²) in [5.41, 5.74) is 0. The minimum absolute atomic E-state index is 0.522. The summed E-state index contributed by atoms with van der Waals surface area (Å²) in [5.74, 6) is 1.55. The van der Waals surface area contributed by atoms with Crippen molar-refractivity contribution in [2.45, 2.75) is 64.8 Å². The molecule has 0 aromatic carbocycles. The fourth-order valence-corrected chi connectivity index (χ4v) is 7.29. The molecule has 0 unspecified atom stereocenters. The molecule has 2 saturated heterocycles. The summed E-state index contributed by atoms with van der Waals surface area (Å²) in [4.78, 5) is 2.66. The lowest BCUT2D eigenvalue weighted by Crippen LogP contribution is -2.48. The van der Waals surface area contributed by atoms with Crippen molar-refractivity contribution in [3.63, 3.8) is 0 Å². The minimum atomic E-state index is -2.97. The summed E-state index contributed by atoms with van der Waals surface area (Å²) in [7, 11) is 0. The van der Waals surface area contributed by atoms with Gasteiger partial charge in [-0.1, -0.05) is 20.3 Å². The van der Waals surface area contributed by atoms with Gasteiger partial charge in [-0.05, 0) is 68.9 Å². The first-order valence-electron chi connectivity index (χ1n) is 8.96. The Labute approximate surface area is 140 Å². The van der Waals surface area contributed by atoms with Crippen LogP contribution in [0.1, 0.15) is 58.8 Å². The van der Waals surface area contributed by atoms with Crippen molar-refractivity contribution in [3.05, 3.63) is 0 Å².